The van der Waals surface area contributed by atoms with Crippen molar-refractivity contribution >= 4 is 11.9 Å². The van der Waals surface area contributed by atoms with Crippen LogP contribution in [0.5, 0.6) is 0 Å². The van der Waals surface area contributed by atoms with Gasteiger partial charge in [0, 0.05) is 13.0 Å². The van der Waals surface area contributed by atoms with Gasteiger partial charge in [0.25, 0.3) is 0 Å². The topological polar surface area (TPSA) is 57.6 Å². The van der Waals surface area contributed by atoms with Crippen LogP contribution >= 0.6 is 0 Å². The molecule has 1 N–H and O–H groups in total. The number of benzene rings is 1. The maximum absolute atomic E-state index is 12.2. The fourth-order valence-electron chi connectivity index (χ4n) is 3.37. The molecule has 0 aliphatic carbocycles. The second-order valence-corrected chi connectivity index (χ2v) is 7.44. The average molecular weight is 355 g/mol. The van der Waals surface area contributed by atoms with E-state index in [1.165, 1.54) is 5.57 Å². The van der Waals surface area contributed by atoms with Crippen LogP contribution in [-0.4, -0.2) is 34.5 Å². The van der Waals surface area contributed by atoms with Crippen LogP contribution in [0.1, 0.15) is 56.0 Å². The molecule has 1 aliphatic heterocycles. The predicted octanol–water partition coefficient (Wildman–Crippen LogP) is 4.47. The number of hydrogen-bond donors (Lipinski definition) is 1. The summed E-state index contributed by atoms with van der Waals surface area (Å²) < 4.78 is 0. The second-order valence-electron chi connectivity index (χ2n) is 7.44. The molecule has 1 aromatic rings. The Kier molecular flexibility index (Phi) is 7.19. The van der Waals surface area contributed by atoms with Crippen molar-refractivity contribution in [1.82, 2.24) is 4.90 Å². The van der Waals surface area contributed by atoms with E-state index in [1.807, 2.05) is 17.0 Å². The van der Waals surface area contributed by atoms with Crippen molar-refractivity contribution in [3.05, 3.63) is 59.2 Å². The Hall–Kier alpha value is -2.36. The minimum atomic E-state index is -0.919. The highest BCUT2D eigenvalue weighted by atomic mass is 16.4. The summed E-state index contributed by atoms with van der Waals surface area (Å²) in [5.74, 6) is -0.0707. The van der Waals surface area contributed by atoms with Crippen molar-refractivity contribution in [2.24, 2.45) is 5.92 Å². The van der Waals surface area contributed by atoms with Gasteiger partial charge < -0.3 is 10.0 Å². The van der Waals surface area contributed by atoms with Crippen molar-refractivity contribution in [3.63, 3.8) is 0 Å². The van der Waals surface area contributed by atoms with E-state index >= 15 is 0 Å². The minimum absolute atomic E-state index is 0.156. The quantitative estimate of drug-likeness (QED) is 0.700. The van der Waals surface area contributed by atoms with Gasteiger partial charge in [-0.05, 0) is 49.8 Å². The molecule has 2 rings (SSSR count). The highest BCUT2D eigenvalue weighted by molar-refractivity contribution is 5.87. The molecule has 1 aliphatic rings. The zero-order chi connectivity index (χ0) is 19.1. The number of rotatable bonds is 8. The summed E-state index contributed by atoms with van der Waals surface area (Å²) in [7, 11) is 0. The molecule has 1 heterocycles. The smallest absolute Gasteiger partial charge is 0.335 e. The number of nitrogens with zero attached hydrogens (tertiary/aromatic N) is 1. The molecule has 1 amide bonds. The number of carbonyl (C=O) groups is 2. The SMILES string of the molecule is C/C(=C\C=C\[C@H]1CCC(=O)N1CCc1ccc(C(=O)O)cc1)CC(C)C. The van der Waals surface area contributed by atoms with Gasteiger partial charge in [-0.2, -0.15) is 0 Å². The van der Waals surface area contributed by atoms with Gasteiger partial charge in [0.05, 0.1) is 11.6 Å². The Balaban J connectivity index is 1.93. The van der Waals surface area contributed by atoms with Crippen LogP contribution in [0.3, 0.4) is 0 Å². The molecule has 0 radical (unpaired) electrons. The maximum atomic E-state index is 12.2. The summed E-state index contributed by atoms with van der Waals surface area (Å²) in [5.41, 5.74) is 2.69. The van der Waals surface area contributed by atoms with E-state index in [1.54, 1.807) is 12.1 Å². The maximum Gasteiger partial charge on any atom is 0.335 e. The number of allylic oxidation sites excluding steroid dienone is 3. The molecule has 4 heteroatoms. The van der Waals surface area contributed by atoms with Crippen molar-refractivity contribution in [1.29, 1.82) is 0 Å². The standard InChI is InChI=1S/C22H29NO3/c1-16(2)15-17(3)5-4-6-20-11-12-21(24)23(20)14-13-18-7-9-19(10-8-18)22(25)26/h4-10,16,20H,11-15H2,1-3H3,(H,25,26)/b6-4+,17-5+/t20-/m0/s1. The summed E-state index contributed by atoms with van der Waals surface area (Å²) in [6.45, 7) is 7.22. The van der Waals surface area contributed by atoms with Gasteiger partial charge in [0.1, 0.15) is 0 Å². The lowest BCUT2D eigenvalue weighted by Gasteiger charge is -2.22. The molecule has 0 saturated carbocycles. The van der Waals surface area contributed by atoms with Crippen LogP contribution in [0, 0.1) is 5.92 Å². The van der Waals surface area contributed by atoms with E-state index in [4.69, 9.17) is 5.11 Å². The third-order valence-electron chi connectivity index (χ3n) is 4.66. The number of hydrogen-bond acceptors (Lipinski definition) is 2. The van der Waals surface area contributed by atoms with Gasteiger partial charge in [0.2, 0.25) is 5.91 Å². The van der Waals surface area contributed by atoms with Crippen molar-refractivity contribution < 1.29 is 14.7 Å². The van der Waals surface area contributed by atoms with E-state index in [0.29, 0.717) is 18.9 Å². The lowest BCUT2D eigenvalue weighted by Crippen LogP contribution is -2.33. The Morgan fingerprint density at radius 3 is 2.62 bits per heavy atom. The van der Waals surface area contributed by atoms with Gasteiger partial charge in [0.15, 0.2) is 0 Å². The monoisotopic (exact) mass is 355 g/mol. The lowest BCUT2D eigenvalue weighted by atomic mass is 10.0. The molecule has 140 valence electrons. The minimum Gasteiger partial charge on any atom is -0.478 e. The molecule has 1 saturated heterocycles. The molecule has 1 atom stereocenters. The molecule has 1 aromatic carbocycles. The van der Waals surface area contributed by atoms with Gasteiger partial charge in [-0.15, -0.1) is 0 Å². The average Bonchev–Trinajstić information content (AvgIpc) is 2.92. The molecule has 26 heavy (non-hydrogen) atoms. The summed E-state index contributed by atoms with van der Waals surface area (Å²) in [6, 6.07) is 7.04. The number of aromatic carboxylic acids is 1. The highest BCUT2D eigenvalue weighted by Crippen LogP contribution is 2.21. The van der Waals surface area contributed by atoms with Crippen LogP contribution in [0.2, 0.25) is 0 Å². The Morgan fingerprint density at radius 2 is 2.00 bits per heavy atom. The van der Waals surface area contributed by atoms with E-state index in [0.717, 1.165) is 24.8 Å². The summed E-state index contributed by atoms with van der Waals surface area (Å²) >= 11 is 0. The molecule has 0 aromatic heterocycles. The lowest BCUT2D eigenvalue weighted by molar-refractivity contribution is -0.128. The highest BCUT2D eigenvalue weighted by Gasteiger charge is 2.28. The normalized spacial score (nSPS) is 18.3. The number of carboxylic acids is 1. The molecule has 0 unspecified atom stereocenters. The first-order valence-electron chi connectivity index (χ1n) is 9.32. The fraction of sp³-hybridized carbons (Fsp3) is 0.455. The predicted molar refractivity (Wildman–Crippen MR) is 104 cm³/mol. The number of likely N-dealkylation sites (tertiary alicyclic amines) is 1. The zero-order valence-electron chi connectivity index (χ0n) is 15.9. The first kappa shape index (κ1) is 20.0. The van der Waals surface area contributed by atoms with Crippen molar-refractivity contribution in [3.8, 4) is 0 Å². The van der Waals surface area contributed by atoms with Crippen LogP contribution in [0.4, 0.5) is 0 Å². The number of carboxylic acid groups (broad SMARTS) is 1. The van der Waals surface area contributed by atoms with Crippen LogP contribution in [0.15, 0.2) is 48.1 Å². The fourth-order valence-corrected chi connectivity index (χ4v) is 3.37. The van der Waals surface area contributed by atoms with Crippen molar-refractivity contribution in [2.75, 3.05) is 6.54 Å². The largest absolute Gasteiger partial charge is 0.478 e. The number of amides is 1. The Morgan fingerprint density at radius 1 is 1.31 bits per heavy atom. The van der Waals surface area contributed by atoms with Gasteiger partial charge in [-0.25, -0.2) is 4.79 Å². The zero-order valence-corrected chi connectivity index (χ0v) is 15.9. The third-order valence-corrected chi connectivity index (χ3v) is 4.66. The summed E-state index contributed by atoms with van der Waals surface area (Å²) in [4.78, 5) is 25.0. The molecule has 1 fully saturated rings. The molecule has 0 spiro atoms. The van der Waals surface area contributed by atoms with E-state index in [9.17, 15) is 9.59 Å². The first-order valence-corrected chi connectivity index (χ1v) is 9.32. The molecular weight excluding hydrogens is 326 g/mol. The Bertz CT molecular complexity index is 686. The van der Waals surface area contributed by atoms with Crippen LogP contribution in [0.25, 0.3) is 0 Å². The van der Waals surface area contributed by atoms with E-state index in [2.05, 4.69) is 39.0 Å². The molecule has 0 bridgehead atoms. The van der Waals surface area contributed by atoms with Gasteiger partial charge in [-0.1, -0.05) is 49.8 Å². The second kappa shape index (κ2) is 9.37. The summed E-state index contributed by atoms with van der Waals surface area (Å²) in [5, 5.41) is 8.95. The Labute approximate surface area is 156 Å². The third kappa shape index (κ3) is 5.87. The first-order chi connectivity index (χ1) is 12.4. The molecule has 4 nitrogen and oxygen atoms in total. The number of carbonyl (C=O) groups excluding carboxylic acids is 1. The molecular formula is C22H29NO3. The van der Waals surface area contributed by atoms with Crippen molar-refractivity contribution in [2.45, 2.75) is 52.5 Å². The van der Waals surface area contributed by atoms with Gasteiger partial charge >= 0.3 is 5.97 Å². The van der Waals surface area contributed by atoms with E-state index < -0.39 is 5.97 Å². The summed E-state index contributed by atoms with van der Waals surface area (Å²) in [6.07, 6.45) is 9.64. The van der Waals surface area contributed by atoms with E-state index in [-0.39, 0.29) is 17.5 Å². The van der Waals surface area contributed by atoms with Crippen LogP contribution < -0.4 is 0 Å². The van der Waals surface area contributed by atoms with Gasteiger partial charge in [-0.3, -0.25) is 4.79 Å². The van der Waals surface area contributed by atoms with Crippen LogP contribution in [-0.2, 0) is 11.2 Å².